The van der Waals surface area contributed by atoms with Crippen LogP contribution in [0.1, 0.15) is 23.7 Å². The molecule has 28 heavy (non-hydrogen) atoms. The van der Waals surface area contributed by atoms with Gasteiger partial charge in [0.15, 0.2) is 0 Å². The molecule has 0 amide bonds. The summed E-state index contributed by atoms with van der Waals surface area (Å²) in [6.07, 6.45) is 0.880. The minimum absolute atomic E-state index is 0.671. The van der Waals surface area contributed by atoms with Crippen molar-refractivity contribution in [3.63, 3.8) is 0 Å². The summed E-state index contributed by atoms with van der Waals surface area (Å²) in [5.41, 5.74) is 3.45. The number of nitrogens with zero attached hydrogens (tertiary/aromatic N) is 3. The number of anilines is 2. The molecule has 0 spiro atoms. The summed E-state index contributed by atoms with van der Waals surface area (Å²) in [6.45, 7) is 6.64. The third-order valence-electron chi connectivity index (χ3n) is 4.59. The highest BCUT2D eigenvalue weighted by molar-refractivity contribution is 5.45. The van der Waals surface area contributed by atoms with Gasteiger partial charge in [-0.15, -0.1) is 0 Å². The molecule has 0 aliphatic heterocycles. The molecule has 0 radical (unpaired) electrons. The fourth-order valence-electron chi connectivity index (χ4n) is 3.10. The van der Waals surface area contributed by atoms with Crippen molar-refractivity contribution in [1.82, 2.24) is 9.97 Å². The summed E-state index contributed by atoms with van der Waals surface area (Å²) in [5, 5.41) is 3.36. The van der Waals surface area contributed by atoms with E-state index in [1.165, 1.54) is 11.1 Å². The van der Waals surface area contributed by atoms with E-state index in [4.69, 9.17) is 9.72 Å². The zero-order chi connectivity index (χ0) is 19.8. The average Bonchev–Trinajstić information content (AvgIpc) is 2.72. The summed E-state index contributed by atoms with van der Waals surface area (Å²) in [4.78, 5) is 11.6. The first-order valence-electron chi connectivity index (χ1n) is 9.69. The Balaban J connectivity index is 1.66. The van der Waals surface area contributed by atoms with Crippen molar-refractivity contribution in [2.24, 2.45) is 0 Å². The van der Waals surface area contributed by atoms with Crippen molar-refractivity contribution in [2.75, 3.05) is 30.4 Å². The SMILES string of the molecule is CCN(Cc1ccccc1)c1cc(C)nc(NCCc2cccc(OC)c2)n1. The van der Waals surface area contributed by atoms with E-state index in [0.29, 0.717) is 5.95 Å². The number of methoxy groups -OCH3 is 1. The summed E-state index contributed by atoms with van der Waals surface area (Å²) >= 11 is 0. The molecule has 3 aromatic rings. The molecule has 0 aliphatic rings. The maximum Gasteiger partial charge on any atom is 0.224 e. The second-order valence-corrected chi connectivity index (χ2v) is 6.72. The summed E-state index contributed by atoms with van der Waals surface area (Å²) in [6, 6.07) is 20.6. The topological polar surface area (TPSA) is 50.3 Å². The highest BCUT2D eigenvalue weighted by Gasteiger charge is 2.10. The van der Waals surface area contributed by atoms with E-state index in [0.717, 1.165) is 43.3 Å². The molecular weight excluding hydrogens is 348 g/mol. The van der Waals surface area contributed by atoms with Gasteiger partial charge in [0.1, 0.15) is 11.6 Å². The van der Waals surface area contributed by atoms with E-state index in [2.05, 4.69) is 58.5 Å². The first kappa shape index (κ1) is 19.7. The molecule has 5 nitrogen and oxygen atoms in total. The van der Waals surface area contributed by atoms with Gasteiger partial charge in [0.2, 0.25) is 5.95 Å². The number of benzene rings is 2. The summed E-state index contributed by atoms with van der Waals surface area (Å²) < 4.78 is 5.29. The zero-order valence-electron chi connectivity index (χ0n) is 16.9. The van der Waals surface area contributed by atoms with Crippen LogP contribution in [-0.2, 0) is 13.0 Å². The normalized spacial score (nSPS) is 10.5. The van der Waals surface area contributed by atoms with Crippen LogP contribution < -0.4 is 15.0 Å². The van der Waals surface area contributed by atoms with Crippen LogP contribution in [0.15, 0.2) is 60.7 Å². The van der Waals surface area contributed by atoms with Crippen molar-refractivity contribution >= 4 is 11.8 Å². The Hall–Kier alpha value is -3.08. The van der Waals surface area contributed by atoms with Gasteiger partial charge in [0.05, 0.1) is 7.11 Å². The number of ether oxygens (including phenoxy) is 1. The van der Waals surface area contributed by atoms with Gasteiger partial charge in [0, 0.05) is 31.4 Å². The van der Waals surface area contributed by atoms with Gasteiger partial charge in [-0.2, -0.15) is 4.98 Å². The lowest BCUT2D eigenvalue weighted by molar-refractivity contribution is 0.414. The molecule has 0 atom stereocenters. The molecule has 146 valence electrons. The van der Waals surface area contributed by atoms with E-state index in [9.17, 15) is 0 Å². The number of hydrogen-bond donors (Lipinski definition) is 1. The van der Waals surface area contributed by atoms with Crippen molar-refractivity contribution in [1.29, 1.82) is 0 Å². The Morgan fingerprint density at radius 1 is 0.964 bits per heavy atom. The van der Waals surface area contributed by atoms with E-state index in [-0.39, 0.29) is 0 Å². The predicted molar refractivity (Wildman–Crippen MR) is 115 cm³/mol. The Kier molecular flexibility index (Phi) is 6.84. The minimum atomic E-state index is 0.671. The number of nitrogens with one attached hydrogen (secondary N) is 1. The number of hydrogen-bond acceptors (Lipinski definition) is 5. The first-order chi connectivity index (χ1) is 13.7. The third kappa shape index (κ3) is 5.46. The fraction of sp³-hybridized carbons (Fsp3) is 0.304. The van der Waals surface area contributed by atoms with Crippen LogP contribution in [0.4, 0.5) is 11.8 Å². The van der Waals surface area contributed by atoms with E-state index in [1.54, 1.807) is 7.11 Å². The summed E-state index contributed by atoms with van der Waals surface area (Å²) in [5.74, 6) is 2.50. The highest BCUT2D eigenvalue weighted by atomic mass is 16.5. The predicted octanol–water partition coefficient (Wildman–Crippen LogP) is 4.47. The van der Waals surface area contributed by atoms with Crippen LogP contribution in [0.3, 0.4) is 0 Å². The molecular formula is C23H28N4O. The standard InChI is InChI=1S/C23H28N4O/c1-4-27(17-20-9-6-5-7-10-20)22-15-18(2)25-23(26-22)24-14-13-19-11-8-12-21(16-19)28-3/h5-12,15-16H,4,13-14,17H2,1-3H3,(H,24,25,26). The van der Waals surface area contributed by atoms with Crippen LogP contribution in [0, 0.1) is 6.92 Å². The third-order valence-corrected chi connectivity index (χ3v) is 4.59. The molecule has 0 saturated carbocycles. The van der Waals surface area contributed by atoms with Gasteiger partial charge in [-0.1, -0.05) is 42.5 Å². The Bertz CT molecular complexity index is 883. The average molecular weight is 377 g/mol. The van der Waals surface area contributed by atoms with Crippen LogP contribution in [-0.4, -0.2) is 30.2 Å². The number of rotatable bonds is 9. The first-order valence-corrected chi connectivity index (χ1v) is 9.69. The van der Waals surface area contributed by atoms with Gasteiger partial charge >= 0.3 is 0 Å². The van der Waals surface area contributed by atoms with Crippen LogP contribution in [0.25, 0.3) is 0 Å². The van der Waals surface area contributed by atoms with Crippen molar-refractivity contribution in [3.05, 3.63) is 77.5 Å². The minimum Gasteiger partial charge on any atom is -0.497 e. The molecule has 3 rings (SSSR count). The molecule has 0 saturated heterocycles. The monoisotopic (exact) mass is 376 g/mol. The van der Waals surface area contributed by atoms with Gasteiger partial charge in [-0.3, -0.25) is 0 Å². The lowest BCUT2D eigenvalue weighted by Crippen LogP contribution is -2.24. The lowest BCUT2D eigenvalue weighted by Gasteiger charge is -2.23. The van der Waals surface area contributed by atoms with Crippen molar-refractivity contribution in [2.45, 2.75) is 26.8 Å². The smallest absolute Gasteiger partial charge is 0.224 e. The quantitative estimate of drug-likeness (QED) is 0.597. The molecule has 1 aromatic heterocycles. The maximum absolute atomic E-state index is 5.29. The zero-order valence-corrected chi connectivity index (χ0v) is 16.9. The van der Waals surface area contributed by atoms with Crippen LogP contribution >= 0.6 is 0 Å². The molecule has 2 aromatic carbocycles. The van der Waals surface area contributed by atoms with E-state index >= 15 is 0 Å². The lowest BCUT2D eigenvalue weighted by atomic mass is 10.1. The highest BCUT2D eigenvalue weighted by Crippen LogP contribution is 2.18. The Morgan fingerprint density at radius 3 is 2.50 bits per heavy atom. The van der Waals surface area contributed by atoms with Gasteiger partial charge < -0.3 is 15.0 Å². The number of aryl methyl sites for hydroxylation is 1. The Labute approximate surface area is 167 Å². The molecule has 0 bridgehead atoms. The molecule has 1 heterocycles. The summed E-state index contributed by atoms with van der Waals surface area (Å²) in [7, 11) is 1.69. The van der Waals surface area contributed by atoms with Gasteiger partial charge in [0.25, 0.3) is 0 Å². The molecule has 5 heteroatoms. The molecule has 0 aliphatic carbocycles. The molecule has 0 unspecified atom stereocenters. The fourth-order valence-corrected chi connectivity index (χ4v) is 3.10. The van der Waals surface area contributed by atoms with Gasteiger partial charge in [-0.05, 0) is 43.5 Å². The number of aromatic nitrogens is 2. The second-order valence-electron chi connectivity index (χ2n) is 6.72. The van der Waals surface area contributed by atoms with E-state index < -0.39 is 0 Å². The molecule has 1 N–H and O–H groups in total. The van der Waals surface area contributed by atoms with Crippen LogP contribution in [0.5, 0.6) is 5.75 Å². The van der Waals surface area contributed by atoms with Crippen molar-refractivity contribution in [3.8, 4) is 5.75 Å². The Morgan fingerprint density at radius 2 is 1.75 bits per heavy atom. The van der Waals surface area contributed by atoms with Crippen molar-refractivity contribution < 1.29 is 4.74 Å². The van der Waals surface area contributed by atoms with E-state index in [1.807, 2.05) is 31.2 Å². The van der Waals surface area contributed by atoms with Crippen LogP contribution in [0.2, 0.25) is 0 Å². The largest absolute Gasteiger partial charge is 0.497 e. The molecule has 0 fully saturated rings. The maximum atomic E-state index is 5.29. The second kappa shape index (κ2) is 9.74. The van der Waals surface area contributed by atoms with Gasteiger partial charge in [-0.25, -0.2) is 4.98 Å².